The van der Waals surface area contributed by atoms with Gasteiger partial charge in [-0.25, -0.2) is 13.4 Å². The molecule has 9 nitrogen and oxygen atoms in total. The van der Waals surface area contributed by atoms with Crippen LogP contribution in [-0.2, 0) is 32.6 Å². The quantitative estimate of drug-likeness (QED) is 0.214. The first kappa shape index (κ1) is 28.2. The average molecular weight is 607 g/mol. The number of aliphatic hydroxyl groups excluding tert-OH is 1. The van der Waals surface area contributed by atoms with Gasteiger partial charge >= 0.3 is 0 Å². The minimum Gasteiger partial charge on any atom is -0.392 e. The van der Waals surface area contributed by atoms with Gasteiger partial charge in [-0.1, -0.05) is 66.7 Å². The Bertz CT molecular complexity index is 2040. The van der Waals surface area contributed by atoms with Crippen LogP contribution < -0.4 is 4.72 Å². The molecule has 0 aliphatic carbocycles. The summed E-state index contributed by atoms with van der Waals surface area (Å²) in [6, 6.07) is 31.4. The largest absolute Gasteiger partial charge is 0.392 e. The van der Waals surface area contributed by atoms with Gasteiger partial charge in [-0.3, -0.25) is 9.71 Å². The van der Waals surface area contributed by atoms with Gasteiger partial charge in [0, 0.05) is 29.3 Å². The molecule has 4 aromatic carbocycles. The molecular formula is C34H30N4O5S. The SMILES string of the molecule is O=S(=O)(Nc1cccc(C2O[C@H](Cn3cnc4ccccc43)C[C@H](c3ccc(CO)cc3)O2)c1)c1cccc2cccnc12. The number of nitrogens with one attached hydrogen (secondary N) is 1. The highest BCUT2D eigenvalue weighted by molar-refractivity contribution is 7.93. The fourth-order valence-corrected chi connectivity index (χ4v) is 6.89. The van der Waals surface area contributed by atoms with Crippen molar-refractivity contribution in [1.82, 2.24) is 14.5 Å². The third-order valence-electron chi connectivity index (χ3n) is 7.84. The van der Waals surface area contributed by atoms with Crippen LogP contribution in [0, 0.1) is 0 Å². The average Bonchev–Trinajstić information content (AvgIpc) is 3.46. The Morgan fingerprint density at radius 1 is 0.864 bits per heavy atom. The number of pyridine rings is 1. The lowest BCUT2D eigenvalue weighted by atomic mass is 10.00. The minimum absolute atomic E-state index is 0.0363. The van der Waals surface area contributed by atoms with E-state index in [4.69, 9.17) is 9.47 Å². The van der Waals surface area contributed by atoms with E-state index in [1.165, 1.54) is 0 Å². The van der Waals surface area contributed by atoms with Gasteiger partial charge in [0.1, 0.15) is 4.90 Å². The number of ether oxygens (including phenoxy) is 2. The molecule has 0 amide bonds. The predicted molar refractivity (Wildman–Crippen MR) is 167 cm³/mol. The Morgan fingerprint density at radius 3 is 2.55 bits per heavy atom. The molecule has 0 saturated carbocycles. The molecule has 222 valence electrons. The molecule has 2 N–H and O–H groups in total. The van der Waals surface area contributed by atoms with Crippen molar-refractivity contribution in [1.29, 1.82) is 0 Å². The van der Waals surface area contributed by atoms with Gasteiger partial charge in [0.15, 0.2) is 6.29 Å². The van der Waals surface area contributed by atoms with Crippen LogP contribution in [0.5, 0.6) is 0 Å². The van der Waals surface area contributed by atoms with Crippen LogP contribution in [0.2, 0.25) is 0 Å². The van der Waals surface area contributed by atoms with Crippen LogP contribution in [0.1, 0.15) is 35.5 Å². The Balaban J connectivity index is 1.18. The molecule has 3 atom stereocenters. The maximum absolute atomic E-state index is 13.5. The van der Waals surface area contributed by atoms with Crippen LogP contribution in [0.4, 0.5) is 5.69 Å². The Hall–Kier alpha value is -4.61. The zero-order chi connectivity index (χ0) is 30.1. The summed E-state index contributed by atoms with van der Waals surface area (Å²) >= 11 is 0. The fourth-order valence-electron chi connectivity index (χ4n) is 5.66. The highest BCUT2D eigenvalue weighted by Crippen LogP contribution is 2.39. The number of para-hydroxylation sites is 3. The van der Waals surface area contributed by atoms with Crippen molar-refractivity contribution in [2.45, 2.75) is 43.0 Å². The van der Waals surface area contributed by atoms with Crippen LogP contribution in [-0.4, -0.2) is 34.2 Å². The highest BCUT2D eigenvalue weighted by Gasteiger charge is 2.33. The van der Waals surface area contributed by atoms with Gasteiger partial charge in [0.25, 0.3) is 10.0 Å². The lowest BCUT2D eigenvalue weighted by Crippen LogP contribution is -2.32. The van der Waals surface area contributed by atoms with E-state index in [0.717, 1.165) is 27.5 Å². The van der Waals surface area contributed by atoms with Crippen molar-refractivity contribution in [3.63, 3.8) is 0 Å². The summed E-state index contributed by atoms with van der Waals surface area (Å²) in [6.45, 7) is 0.525. The lowest BCUT2D eigenvalue weighted by molar-refractivity contribution is -0.252. The topological polar surface area (TPSA) is 116 Å². The molecule has 3 heterocycles. The van der Waals surface area contributed by atoms with Gasteiger partial charge in [-0.15, -0.1) is 0 Å². The normalized spacial score (nSPS) is 18.9. The lowest BCUT2D eigenvalue weighted by Gasteiger charge is -2.36. The van der Waals surface area contributed by atoms with Gasteiger partial charge in [-0.05, 0) is 47.5 Å². The van der Waals surface area contributed by atoms with Crippen molar-refractivity contribution in [2.75, 3.05) is 4.72 Å². The van der Waals surface area contributed by atoms with Crippen molar-refractivity contribution in [2.24, 2.45) is 0 Å². The van der Waals surface area contributed by atoms with E-state index in [-0.39, 0.29) is 23.7 Å². The zero-order valence-corrected chi connectivity index (χ0v) is 24.5. The second kappa shape index (κ2) is 11.8. The summed E-state index contributed by atoms with van der Waals surface area (Å²) in [7, 11) is -3.94. The second-order valence-corrected chi connectivity index (χ2v) is 12.4. The number of sulfonamides is 1. The summed E-state index contributed by atoms with van der Waals surface area (Å²) in [5.41, 5.74) is 5.18. The molecule has 2 aromatic heterocycles. The molecule has 6 aromatic rings. The number of aliphatic hydroxyl groups is 1. The summed E-state index contributed by atoms with van der Waals surface area (Å²) in [4.78, 5) is 8.94. The molecule has 0 spiro atoms. The highest BCUT2D eigenvalue weighted by atomic mass is 32.2. The zero-order valence-electron chi connectivity index (χ0n) is 23.7. The predicted octanol–water partition coefficient (Wildman–Crippen LogP) is 6.12. The third-order valence-corrected chi connectivity index (χ3v) is 9.25. The van der Waals surface area contributed by atoms with Gasteiger partial charge in [0.2, 0.25) is 0 Å². The summed E-state index contributed by atoms with van der Waals surface area (Å²) in [5.74, 6) is 0. The van der Waals surface area contributed by atoms with Crippen molar-refractivity contribution < 1.29 is 23.0 Å². The molecule has 1 fully saturated rings. The summed E-state index contributed by atoms with van der Waals surface area (Å²) in [5, 5.41) is 10.3. The number of nitrogens with zero attached hydrogens (tertiary/aromatic N) is 3. The van der Waals surface area contributed by atoms with Crippen LogP contribution >= 0.6 is 0 Å². The first-order valence-electron chi connectivity index (χ1n) is 14.3. The van der Waals surface area contributed by atoms with E-state index >= 15 is 0 Å². The molecule has 44 heavy (non-hydrogen) atoms. The summed E-state index contributed by atoms with van der Waals surface area (Å²) in [6.07, 6.45) is 2.73. The smallest absolute Gasteiger partial charge is 0.264 e. The maximum atomic E-state index is 13.5. The van der Waals surface area contributed by atoms with Crippen molar-refractivity contribution >= 4 is 37.6 Å². The number of rotatable bonds is 8. The van der Waals surface area contributed by atoms with E-state index in [2.05, 4.69) is 19.3 Å². The van der Waals surface area contributed by atoms with E-state index in [9.17, 15) is 13.5 Å². The molecule has 0 radical (unpaired) electrons. The first-order chi connectivity index (χ1) is 21.5. The molecule has 1 aliphatic rings. The monoisotopic (exact) mass is 606 g/mol. The van der Waals surface area contributed by atoms with E-state index in [0.29, 0.717) is 29.7 Å². The molecule has 7 rings (SSSR count). The number of hydrogen-bond acceptors (Lipinski definition) is 7. The van der Waals surface area contributed by atoms with Crippen LogP contribution in [0.25, 0.3) is 21.9 Å². The third kappa shape index (κ3) is 5.68. The van der Waals surface area contributed by atoms with Crippen molar-refractivity contribution in [3.05, 3.63) is 132 Å². The molecule has 1 unspecified atom stereocenters. The van der Waals surface area contributed by atoms with Crippen LogP contribution in [0.3, 0.4) is 0 Å². The van der Waals surface area contributed by atoms with Gasteiger partial charge in [-0.2, -0.15) is 0 Å². The second-order valence-electron chi connectivity index (χ2n) is 10.8. The van der Waals surface area contributed by atoms with Gasteiger partial charge in [0.05, 0.1) is 48.2 Å². The number of aromatic nitrogens is 3. The molecular weight excluding hydrogens is 576 g/mol. The molecule has 0 bridgehead atoms. The summed E-state index contributed by atoms with van der Waals surface area (Å²) < 4.78 is 44.8. The number of anilines is 1. The number of hydrogen-bond donors (Lipinski definition) is 2. The van der Waals surface area contributed by atoms with Crippen LogP contribution in [0.15, 0.2) is 121 Å². The van der Waals surface area contributed by atoms with E-state index in [1.807, 2.05) is 73.1 Å². The minimum atomic E-state index is -3.94. The fraction of sp³-hybridized carbons (Fsp3) is 0.176. The maximum Gasteiger partial charge on any atom is 0.264 e. The molecule has 10 heteroatoms. The Kier molecular flexibility index (Phi) is 7.57. The van der Waals surface area contributed by atoms with E-state index < -0.39 is 16.3 Å². The van der Waals surface area contributed by atoms with Crippen molar-refractivity contribution in [3.8, 4) is 0 Å². The number of benzene rings is 4. The van der Waals surface area contributed by atoms with Gasteiger partial charge < -0.3 is 19.1 Å². The standard InChI is InChI=1S/C34H30N4O5S/c39-21-23-13-15-24(16-14-23)31-19-28(20-38-22-36-29-10-1-2-11-30(29)38)42-34(43-31)26-7-3-9-27(18-26)37-44(40,41)32-12-4-6-25-8-5-17-35-33(25)32/h1-18,22,28,31,34,37,39H,19-21H2/t28-,31+,34?/m0/s1. The number of fused-ring (bicyclic) bond motifs is 2. The Labute approximate surface area is 254 Å². The molecule has 1 saturated heterocycles. The number of imidazole rings is 1. The molecule has 1 aliphatic heterocycles. The Morgan fingerprint density at radius 2 is 1.68 bits per heavy atom. The van der Waals surface area contributed by atoms with E-state index in [1.54, 1.807) is 42.6 Å². The first-order valence-corrected chi connectivity index (χ1v) is 15.8.